The molecule has 16 heavy (non-hydrogen) atoms. The van der Waals surface area contributed by atoms with E-state index in [1.165, 1.54) is 6.92 Å². The van der Waals surface area contributed by atoms with Gasteiger partial charge in [0.05, 0.1) is 18.2 Å². The molecule has 0 amide bonds. The Kier molecular flexibility index (Phi) is 4.95. The second-order valence-corrected chi connectivity index (χ2v) is 3.77. The summed E-state index contributed by atoms with van der Waals surface area (Å²) < 4.78 is 4.95. The van der Waals surface area contributed by atoms with Crippen LogP contribution in [0, 0.1) is 5.92 Å². The van der Waals surface area contributed by atoms with E-state index in [1.807, 2.05) is 0 Å². The van der Waals surface area contributed by atoms with E-state index in [4.69, 9.17) is 4.74 Å². The van der Waals surface area contributed by atoms with Crippen LogP contribution in [0.15, 0.2) is 5.16 Å². The molecule has 0 heterocycles. The summed E-state index contributed by atoms with van der Waals surface area (Å²) in [7, 11) is 0. The van der Waals surface area contributed by atoms with Crippen LogP contribution in [-0.2, 0) is 19.2 Å². The van der Waals surface area contributed by atoms with Crippen molar-refractivity contribution < 1.29 is 19.2 Å². The first kappa shape index (κ1) is 12.7. The molecule has 1 aliphatic carbocycles. The minimum Gasteiger partial charge on any atom is -0.466 e. The van der Waals surface area contributed by atoms with Crippen molar-refractivity contribution in [2.24, 2.45) is 11.1 Å². The van der Waals surface area contributed by atoms with Gasteiger partial charge in [0, 0.05) is 6.92 Å². The third-order valence-electron chi connectivity index (χ3n) is 2.49. The summed E-state index contributed by atoms with van der Waals surface area (Å²) >= 11 is 0. The monoisotopic (exact) mass is 227 g/mol. The van der Waals surface area contributed by atoms with Crippen LogP contribution in [0.2, 0.25) is 0 Å². The predicted molar refractivity (Wildman–Crippen MR) is 57.8 cm³/mol. The van der Waals surface area contributed by atoms with Gasteiger partial charge in [-0.3, -0.25) is 4.79 Å². The molecular weight excluding hydrogens is 210 g/mol. The van der Waals surface area contributed by atoms with Gasteiger partial charge in [-0.25, -0.2) is 4.79 Å². The smallest absolute Gasteiger partial charge is 0.331 e. The number of hydrogen-bond donors (Lipinski definition) is 0. The van der Waals surface area contributed by atoms with Crippen LogP contribution >= 0.6 is 0 Å². The van der Waals surface area contributed by atoms with Crippen LogP contribution in [0.4, 0.5) is 0 Å². The van der Waals surface area contributed by atoms with Crippen LogP contribution in [-0.4, -0.2) is 24.3 Å². The minimum absolute atomic E-state index is 0.0313. The van der Waals surface area contributed by atoms with Gasteiger partial charge in [0.25, 0.3) is 0 Å². The molecular formula is C11H17NO4. The molecule has 5 heteroatoms. The molecule has 0 aromatic heterocycles. The Morgan fingerprint density at radius 1 is 1.38 bits per heavy atom. The second kappa shape index (κ2) is 6.25. The van der Waals surface area contributed by atoms with E-state index in [2.05, 4.69) is 9.99 Å². The predicted octanol–water partition coefficient (Wildman–Crippen LogP) is 1.66. The van der Waals surface area contributed by atoms with Crippen LogP contribution in [0.3, 0.4) is 0 Å². The molecule has 90 valence electrons. The Hall–Kier alpha value is -1.39. The van der Waals surface area contributed by atoms with Crippen molar-refractivity contribution in [3.05, 3.63) is 0 Å². The average molecular weight is 227 g/mol. The van der Waals surface area contributed by atoms with Crippen LogP contribution in [0.25, 0.3) is 0 Å². The first-order valence-corrected chi connectivity index (χ1v) is 5.53. The van der Waals surface area contributed by atoms with Gasteiger partial charge in [0.1, 0.15) is 0 Å². The van der Waals surface area contributed by atoms with Gasteiger partial charge in [0.15, 0.2) is 0 Å². The highest BCUT2D eigenvalue weighted by molar-refractivity contribution is 5.87. The number of oxime groups is 1. The maximum Gasteiger partial charge on any atom is 0.331 e. The molecule has 0 radical (unpaired) electrons. The molecule has 0 aliphatic heterocycles. The Bertz CT molecular complexity index is 288. The fraction of sp³-hybridized carbons (Fsp3) is 0.727. The normalized spacial score (nSPS) is 20.1. The zero-order chi connectivity index (χ0) is 12.0. The Labute approximate surface area is 94.8 Å². The number of carbonyl (C=O) groups is 2. The van der Waals surface area contributed by atoms with E-state index in [1.54, 1.807) is 6.92 Å². The van der Waals surface area contributed by atoms with Crippen LogP contribution in [0.1, 0.15) is 39.5 Å². The quantitative estimate of drug-likeness (QED) is 0.418. The third kappa shape index (κ3) is 4.00. The van der Waals surface area contributed by atoms with Crippen LogP contribution in [0.5, 0.6) is 0 Å². The zero-order valence-corrected chi connectivity index (χ0v) is 9.69. The van der Waals surface area contributed by atoms with Gasteiger partial charge in [-0.05, 0) is 32.6 Å². The lowest BCUT2D eigenvalue weighted by molar-refractivity contribution is -0.148. The molecule has 0 saturated heterocycles. The van der Waals surface area contributed by atoms with Crippen molar-refractivity contribution in [2.75, 3.05) is 6.61 Å². The SMILES string of the molecule is CCOC(=O)C1CCC(=NOC(C)=O)CC1. The van der Waals surface area contributed by atoms with Gasteiger partial charge in [0.2, 0.25) is 0 Å². The van der Waals surface area contributed by atoms with Crippen molar-refractivity contribution in [3.8, 4) is 0 Å². The maximum atomic E-state index is 11.4. The summed E-state index contributed by atoms with van der Waals surface area (Å²) in [6.45, 7) is 3.53. The largest absolute Gasteiger partial charge is 0.466 e. The molecule has 0 spiro atoms. The summed E-state index contributed by atoms with van der Waals surface area (Å²) in [6, 6.07) is 0. The minimum atomic E-state index is -0.417. The van der Waals surface area contributed by atoms with Crippen molar-refractivity contribution in [1.82, 2.24) is 0 Å². The molecule has 0 N–H and O–H groups in total. The number of esters is 1. The van der Waals surface area contributed by atoms with E-state index in [-0.39, 0.29) is 11.9 Å². The number of ether oxygens (including phenoxy) is 1. The molecule has 0 bridgehead atoms. The Morgan fingerprint density at radius 3 is 2.50 bits per heavy atom. The number of hydrogen-bond acceptors (Lipinski definition) is 5. The second-order valence-electron chi connectivity index (χ2n) is 3.77. The van der Waals surface area contributed by atoms with Crippen molar-refractivity contribution >= 4 is 17.7 Å². The first-order valence-electron chi connectivity index (χ1n) is 5.53. The van der Waals surface area contributed by atoms with Crippen LogP contribution < -0.4 is 0 Å². The molecule has 0 atom stereocenters. The molecule has 1 aliphatic rings. The number of carbonyl (C=O) groups excluding carboxylic acids is 2. The van der Waals surface area contributed by atoms with Crippen molar-refractivity contribution in [1.29, 1.82) is 0 Å². The fourth-order valence-electron chi connectivity index (χ4n) is 1.67. The van der Waals surface area contributed by atoms with Crippen molar-refractivity contribution in [3.63, 3.8) is 0 Å². The molecule has 1 fully saturated rings. The van der Waals surface area contributed by atoms with E-state index < -0.39 is 5.97 Å². The van der Waals surface area contributed by atoms with Gasteiger partial charge >= 0.3 is 11.9 Å². The summed E-state index contributed by atoms with van der Waals surface area (Å²) in [5, 5.41) is 3.74. The van der Waals surface area contributed by atoms with Gasteiger partial charge in [-0.1, -0.05) is 5.16 Å². The van der Waals surface area contributed by atoms with Gasteiger partial charge in [-0.15, -0.1) is 0 Å². The summed E-state index contributed by atoms with van der Waals surface area (Å²) in [6.07, 6.45) is 2.82. The highest BCUT2D eigenvalue weighted by atomic mass is 16.7. The van der Waals surface area contributed by atoms with E-state index in [0.29, 0.717) is 19.4 Å². The Balaban J connectivity index is 2.36. The number of rotatable bonds is 3. The molecule has 0 unspecified atom stereocenters. The summed E-state index contributed by atoms with van der Waals surface area (Å²) in [4.78, 5) is 26.5. The number of nitrogens with zero attached hydrogens (tertiary/aromatic N) is 1. The summed E-state index contributed by atoms with van der Waals surface area (Å²) in [5.41, 5.74) is 0.843. The topological polar surface area (TPSA) is 65.0 Å². The summed E-state index contributed by atoms with van der Waals surface area (Å²) in [5.74, 6) is -0.578. The molecule has 1 rings (SSSR count). The van der Waals surface area contributed by atoms with E-state index in [9.17, 15) is 9.59 Å². The average Bonchev–Trinajstić information content (AvgIpc) is 2.27. The molecule has 0 aromatic rings. The first-order chi connectivity index (χ1) is 7.63. The maximum absolute atomic E-state index is 11.4. The third-order valence-corrected chi connectivity index (χ3v) is 2.49. The van der Waals surface area contributed by atoms with Crippen molar-refractivity contribution in [2.45, 2.75) is 39.5 Å². The highest BCUT2D eigenvalue weighted by Crippen LogP contribution is 2.23. The fourth-order valence-corrected chi connectivity index (χ4v) is 1.67. The lowest BCUT2D eigenvalue weighted by Gasteiger charge is -2.20. The molecule has 1 saturated carbocycles. The molecule has 5 nitrogen and oxygen atoms in total. The standard InChI is InChI=1S/C11H17NO4/c1-3-15-11(14)9-4-6-10(7-5-9)12-16-8(2)13/h9H,3-7H2,1-2H3. The van der Waals surface area contributed by atoms with E-state index >= 15 is 0 Å². The molecule has 0 aromatic carbocycles. The lowest BCUT2D eigenvalue weighted by Crippen LogP contribution is -2.24. The lowest BCUT2D eigenvalue weighted by atomic mass is 9.88. The van der Waals surface area contributed by atoms with Gasteiger partial charge in [-0.2, -0.15) is 0 Å². The zero-order valence-electron chi connectivity index (χ0n) is 9.69. The van der Waals surface area contributed by atoms with Gasteiger partial charge < -0.3 is 9.57 Å². The highest BCUT2D eigenvalue weighted by Gasteiger charge is 2.25. The van der Waals surface area contributed by atoms with E-state index in [0.717, 1.165) is 18.6 Å². The Morgan fingerprint density at radius 2 is 2.00 bits per heavy atom.